The summed E-state index contributed by atoms with van der Waals surface area (Å²) in [5, 5.41) is 13.4. The number of benzene rings is 1. The van der Waals surface area contributed by atoms with E-state index >= 15 is 0 Å². The van der Waals surface area contributed by atoms with Crippen LogP contribution in [0.3, 0.4) is 0 Å². The molecule has 0 saturated carbocycles. The Morgan fingerprint density at radius 2 is 1.90 bits per heavy atom. The second-order valence-electron chi connectivity index (χ2n) is 8.92. The first-order chi connectivity index (χ1) is 18.7. The summed E-state index contributed by atoms with van der Waals surface area (Å²) in [4.78, 5) is 34.4. The van der Waals surface area contributed by atoms with Gasteiger partial charge in [-0.1, -0.05) is 6.92 Å². The van der Waals surface area contributed by atoms with Gasteiger partial charge < -0.3 is 20.3 Å². The van der Waals surface area contributed by atoms with Crippen molar-refractivity contribution < 1.29 is 27.5 Å². The first-order valence-corrected chi connectivity index (χ1v) is 12.2. The minimum atomic E-state index is -4.54. The fourth-order valence-electron chi connectivity index (χ4n) is 4.27. The van der Waals surface area contributed by atoms with Crippen LogP contribution in [0.15, 0.2) is 54.9 Å². The van der Waals surface area contributed by atoms with E-state index in [1.165, 1.54) is 12.1 Å². The lowest BCUT2D eigenvalue weighted by atomic mass is 10.1. The number of rotatable bonds is 7. The summed E-state index contributed by atoms with van der Waals surface area (Å²) in [6.07, 6.45) is -0.999. The van der Waals surface area contributed by atoms with Crippen LogP contribution in [0.1, 0.15) is 35.7 Å². The number of aromatic nitrogens is 4. The summed E-state index contributed by atoms with van der Waals surface area (Å²) in [6, 6.07) is 9.75. The number of carbonyl (C=O) groups is 2. The minimum Gasteiger partial charge on any atom is -0.471 e. The van der Waals surface area contributed by atoms with Crippen LogP contribution in [0.25, 0.3) is 11.0 Å². The van der Waals surface area contributed by atoms with Crippen LogP contribution in [0.4, 0.5) is 30.4 Å². The van der Waals surface area contributed by atoms with Crippen molar-refractivity contribution in [1.29, 1.82) is 0 Å². The molecule has 4 aromatic rings. The third-order valence-corrected chi connectivity index (χ3v) is 6.26. The monoisotopic (exact) mass is 539 g/mol. The molecule has 4 heterocycles. The highest BCUT2D eigenvalue weighted by Crippen LogP contribution is 2.33. The first kappa shape index (κ1) is 25.9. The maximum absolute atomic E-state index is 12.9. The summed E-state index contributed by atoms with van der Waals surface area (Å²) in [5.41, 5.74) is 1.15. The zero-order valence-electron chi connectivity index (χ0n) is 20.7. The van der Waals surface area contributed by atoms with E-state index in [1.807, 2.05) is 6.92 Å². The Kier molecular flexibility index (Phi) is 7.05. The lowest BCUT2D eigenvalue weighted by Crippen LogP contribution is -2.30. The number of carbonyl (C=O) groups excluding carboxylic acids is 2. The van der Waals surface area contributed by atoms with Gasteiger partial charge in [-0.05, 0) is 42.5 Å². The SMILES string of the molecule is CCC(=O)N1CCC(Oc2n[nH]c3nccc(Nc4ccc(C(=O)Nc5cc(C(F)(F)F)ccn5)cc4)c23)C1. The molecule has 2 amide bonds. The minimum absolute atomic E-state index is 0.0835. The highest BCUT2D eigenvalue weighted by atomic mass is 19.4. The van der Waals surface area contributed by atoms with Gasteiger partial charge in [0, 0.05) is 43.0 Å². The first-order valence-electron chi connectivity index (χ1n) is 12.2. The van der Waals surface area contributed by atoms with Crippen LogP contribution in [-0.4, -0.2) is 56.1 Å². The van der Waals surface area contributed by atoms with Gasteiger partial charge in [0.2, 0.25) is 11.8 Å². The molecule has 0 radical (unpaired) electrons. The normalized spacial score (nSPS) is 15.4. The molecule has 39 heavy (non-hydrogen) atoms. The molecule has 0 aliphatic carbocycles. The van der Waals surface area contributed by atoms with Crippen molar-refractivity contribution in [2.45, 2.75) is 32.0 Å². The number of alkyl halides is 3. The number of hydrogen-bond acceptors (Lipinski definition) is 7. The van der Waals surface area contributed by atoms with E-state index < -0.39 is 17.6 Å². The fourth-order valence-corrected chi connectivity index (χ4v) is 4.27. The molecule has 3 aromatic heterocycles. The Hall–Kier alpha value is -4.68. The highest BCUT2D eigenvalue weighted by Gasteiger charge is 2.31. The topological polar surface area (TPSA) is 125 Å². The molecule has 1 fully saturated rings. The van der Waals surface area contributed by atoms with Crippen LogP contribution in [-0.2, 0) is 11.0 Å². The third-order valence-electron chi connectivity index (χ3n) is 6.26. The molecule has 1 saturated heterocycles. The molecular weight excluding hydrogens is 515 g/mol. The number of halogens is 3. The second kappa shape index (κ2) is 10.6. The Labute approximate surface area is 220 Å². The predicted molar refractivity (Wildman–Crippen MR) is 137 cm³/mol. The zero-order chi connectivity index (χ0) is 27.6. The Balaban J connectivity index is 1.28. The number of likely N-dealkylation sites (tertiary alicyclic amines) is 1. The van der Waals surface area contributed by atoms with Gasteiger partial charge in [0.1, 0.15) is 17.3 Å². The number of nitrogens with one attached hydrogen (secondary N) is 3. The van der Waals surface area contributed by atoms with Crippen LogP contribution in [0, 0.1) is 0 Å². The number of H-pyrrole nitrogens is 1. The number of anilines is 3. The average Bonchev–Trinajstić information content (AvgIpc) is 3.56. The standard InChI is InChI=1S/C26H24F3N7O3/c1-2-21(37)36-12-9-18(14-36)39-25-22-19(8-11-31-23(22)34-35-25)32-17-5-3-15(4-6-17)24(38)33-20-13-16(7-10-30-20)26(27,28)29/h3-8,10-11,13,18H,2,9,12,14H2,1H3,(H,30,33,38)(H2,31,32,34,35). The van der Waals surface area contributed by atoms with Gasteiger partial charge in [0.25, 0.3) is 5.91 Å². The average molecular weight is 540 g/mol. The van der Waals surface area contributed by atoms with Crippen molar-refractivity contribution in [2.75, 3.05) is 23.7 Å². The van der Waals surface area contributed by atoms with Crippen molar-refractivity contribution in [1.82, 2.24) is 25.1 Å². The van der Waals surface area contributed by atoms with E-state index in [1.54, 1.807) is 29.3 Å². The molecule has 202 valence electrons. The molecule has 1 atom stereocenters. The van der Waals surface area contributed by atoms with E-state index in [0.29, 0.717) is 54.2 Å². The number of hydrogen-bond donors (Lipinski definition) is 3. The maximum atomic E-state index is 12.9. The maximum Gasteiger partial charge on any atom is 0.416 e. The lowest BCUT2D eigenvalue weighted by molar-refractivity contribution is -0.137. The van der Waals surface area contributed by atoms with E-state index in [0.717, 1.165) is 18.3 Å². The van der Waals surface area contributed by atoms with E-state index in [4.69, 9.17) is 4.74 Å². The molecule has 3 N–H and O–H groups in total. The van der Waals surface area contributed by atoms with Gasteiger partial charge >= 0.3 is 6.18 Å². The van der Waals surface area contributed by atoms with Crippen molar-refractivity contribution in [3.05, 3.63) is 66.0 Å². The third kappa shape index (κ3) is 5.76. The quantitative estimate of drug-likeness (QED) is 0.309. The molecule has 1 aliphatic rings. The van der Waals surface area contributed by atoms with Gasteiger partial charge in [0.05, 0.1) is 17.8 Å². The van der Waals surface area contributed by atoms with Crippen molar-refractivity contribution in [2.24, 2.45) is 0 Å². The van der Waals surface area contributed by atoms with Gasteiger partial charge in [-0.3, -0.25) is 14.7 Å². The van der Waals surface area contributed by atoms with Gasteiger partial charge in [0.15, 0.2) is 5.65 Å². The van der Waals surface area contributed by atoms with Crippen LogP contribution < -0.4 is 15.4 Å². The highest BCUT2D eigenvalue weighted by molar-refractivity contribution is 6.04. The Morgan fingerprint density at radius 1 is 1.13 bits per heavy atom. The number of aromatic amines is 1. The number of amides is 2. The smallest absolute Gasteiger partial charge is 0.416 e. The number of fused-ring (bicyclic) bond motifs is 1. The molecule has 1 unspecified atom stereocenters. The summed E-state index contributed by atoms with van der Waals surface area (Å²) >= 11 is 0. The van der Waals surface area contributed by atoms with Crippen LogP contribution in [0.5, 0.6) is 5.88 Å². The summed E-state index contributed by atoms with van der Waals surface area (Å²) in [7, 11) is 0. The molecule has 1 aliphatic heterocycles. The van der Waals surface area contributed by atoms with Crippen molar-refractivity contribution in [3.63, 3.8) is 0 Å². The van der Waals surface area contributed by atoms with Crippen LogP contribution in [0.2, 0.25) is 0 Å². The van der Waals surface area contributed by atoms with Crippen molar-refractivity contribution in [3.8, 4) is 5.88 Å². The predicted octanol–water partition coefficient (Wildman–Crippen LogP) is 4.76. The van der Waals surface area contributed by atoms with Crippen molar-refractivity contribution >= 4 is 40.0 Å². The lowest BCUT2D eigenvalue weighted by Gasteiger charge is -2.16. The van der Waals surface area contributed by atoms with Gasteiger partial charge in [-0.15, -0.1) is 5.10 Å². The number of nitrogens with zero attached hydrogens (tertiary/aromatic N) is 4. The molecule has 13 heteroatoms. The summed E-state index contributed by atoms with van der Waals surface area (Å²) in [5.74, 6) is -0.355. The second-order valence-corrected chi connectivity index (χ2v) is 8.92. The number of ether oxygens (including phenoxy) is 1. The fraction of sp³-hybridized carbons (Fsp3) is 0.269. The Morgan fingerprint density at radius 3 is 2.64 bits per heavy atom. The Bertz CT molecular complexity index is 1500. The molecular formula is C26H24F3N7O3. The van der Waals surface area contributed by atoms with E-state index in [9.17, 15) is 22.8 Å². The zero-order valence-corrected chi connectivity index (χ0v) is 20.7. The molecule has 5 rings (SSSR count). The summed E-state index contributed by atoms with van der Waals surface area (Å²) in [6.45, 7) is 2.95. The molecule has 0 spiro atoms. The van der Waals surface area contributed by atoms with Gasteiger partial charge in [-0.2, -0.15) is 13.2 Å². The largest absolute Gasteiger partial charge is 0.471 e. The molecule has 1 aromatic carbocycles. The number of pyridine rings is 2. The van der Waals surface area contributed by atoms with Crippen LogP contribution >= 0.6 is 0 Å². The summed E-state index contributed by atoms with van der Waals surface area (Å²) < 4.78 is 44.9. The van der Waals surface area contributed by atoms with E-state index in [2.05, 4.69) is 30.8 Å². The molecule has 10 nitrogen and oxygen atoms in total. The molecule has 0 bridgehead atoms. The van der Waals surface area contributed by atoms with E-state index in [-0.39, 0.29) is 23.4 Å². The van der Waals surface area contributed by atoms with Gasteiger partial charge in [-0.25, -0.2) is 9.97 Å².